The van der Waals surface area contributed by atoms with Crippen LogP contribution < -0.4 is 0 Å². The van der Waals surface area contributed by atoms with Crippen LogP contribution in [0, 0.1) is 28.4 Å². The first-order valence-corrected chi connectivity index (χ1v) is 9.46. The average Bonchev–Trinajstić information content (AvgIpc) is 2.69. The summed E-state index contributed by atoms with van der Waals surface area (Å²) in [6.07, 6.45) is 5.37. The van der Waals surface area contributed by atoms with Gasteiger partial charge in [-0.15, -0.1) is 6.42 Å². The number of methoxy groups -OCH3 is 2. The third-order valence-electron chi connectivity index (χ3n) is 3.82. The smallest absolute Gasteiger partial charge is 0.320 e. The summed E-state index contributed by atoms with van der Waals surface area (Å²) >= 11 is 0. The Morgan fingerprint density at radius 2 is 1.75 bits per heavy atom. The van der Waals surface area contributed by atoms with Gasteiger partial charge in [-0.05, 0) is 25.0 Å². The maximum atomic E-state index is 12.7. The quantitative estimate of drug-likeness (QED) is 0.182. The molecule has 0 aromatic heterocycles. The molecule has 0 aliphatic rings. The molecule has 0 fully saturated rings. The van der Waals surface area contributed by atoms with Crippen molar-refractivity contribution in [3.63, 3.8) is 0 Å². The number of nitro benzene ring substituents is 1. The van der Waals surface area contributed by atoms with Crippen LogP contribution in [0.3, 0.4) is 0 Å². The molecule has 1 aromatic rings. The van der Waals surface area contributed by atoms with Crippen LogP contribution in [0.25, 0.3) is 0 Å². The van der Waals surface area contributed by atoms with E-state index in [1.807, 2.05) is 0 Å². The van der Waals surface area contributed by atoms with Crippen LogP contribution in [0.5, 0.6) is 0 Å². The zero-order chi connectivity index (χ0) is 21.3. The maximum absolute atomic E-state index is 12.7. The summed E-state index contributed by atoms with van der Waals surface area (Å²) in [4.78, 5) is 33.3. The monoisotopic (exact) mass is 412 g/mol. The summed E-state index contributed by atoms with van der Waals surface area (Å²) in [7, 11) is -1.77. The normalized spacial score (nSPS) is 11.1. The Labute approximate surface area is 162 Å². The molecule has 1 rings (SSSR count). The fraction of sp³-hybridized carbons (Fsp3) is 0.412. The number of carbonyl (C=O) groups is 2. The van der Waals surface area contributed by atoms with E-state index in [9.17, 15) is 28.1 Å². The zero-order valence-electron chi connectivity index (χ0n) is 15.4. The topological polar surface area (TPSA) is 133 Å². The minimum Gasteiger partial charge on any atom is -0.468 e. The lowest BCUT2D eigenvalue weighted by Gasteiger charge is -2.20. The van der Waals surface area contributed by atoms with Crippen LogP contribution in [0.15, 0.2) is 29.2 Å². The largest absolute Gasteiger partial charge is 0.468 e. The fourth-order valence-corrected chi connectivity index (χ4v) is 3.76. The Morgan fingerprint density at radius 1 is 1.21 bits per heavy atom. The first-order valence-electron chi connectivity index (χ1n) is 8.02. The van der Waals surface area contributed by atoms with E-state index in [0.717, 1.165) is 42.8 Å². The lowest BCUT2D eigenvalue weighted by atomic mass is 10.0. The molecule has 11 heteroatoms. The van der Waals surface area contributed by atoms with Crippen LogP contribution in [-0.4, -0.2) is 56.9 Å². The van der Waals surface area contributed by atoms with Gasteiger partial charge in [0.05, 0.1) is 30.6 Å². The SMILES string of the molecule is C#CCN(CCCC(C(=O)OC)C(=O)OC)S(=O)(=O)c1ccc([N+](=O)[O-])cc1. The molecule has 0 unspecified atom stereocenters. The standard InChI is InChI=1S/C17H20N2O8S/c1-4-11-18(12-5-6-15(16(20)26-2)17(21)27-3)28(24,25)14-9-7-13(8-10-14)19(22)23/h1,7-10,15H,5-6,11-12H2,2-3H3. The molecule has 0 amide bonds. The van der Waals surface area contributed by atoms with Gasteiger partial charge in [0.1, 0.15) is 0 Å². The molecule has 0 aliphatic heterocycles. The number of hydrogen-bond donors (Lipinski definition) is 0. The zero-order valence-corrected chi connectivity index (χ0v) is 16.2. The lowest BCUT2D eigenvalue weighted by Crippen LogP contribution is -2.34. The highest BCUT2D eigenvalue weighted by molar-refractivity contribution is 7.89. The maximum Gasteiger partial charge on any atom is 0.320 e. The van der Waals surface area contributed by atoms with Crippen molar-refractivity contribution in [1.82, 2.24) is 4.31 Å². The van der Waals surface area contributed by atoms with E-state index in [1.165, 1.54) is 0 Å². The molecule has 0 saturated heterocycles. The van der Waals surface area contributed by atoms with Crippen molar-refractivity contribution < 1.29 is 32.4 Å². The molecule has 10 nitrogen and oxygen atoms in total. The van der Waals surface area contributed by atoms with Crippen molar-refractivity contribution in [2.45, 2.75) is 17.7 Å². The van der Waals surface area contributed by atoms with Gasteiger partial charge in [-0.3, -0.25) is 19.7 Å². The fourth-order valence-electron chi connectivity index (χ4n) is 2.36. The van der Waals surface area contributed by atoms with Gasteiger partial charge in [0.2, 0.25) is 10.0 Å². The summed E-state index contributed by atoms with van der Waals surface area (Å²) in [5.41, 5.74) is -0.249. The Kier molecular flexibility index (Phi) is 8.56. The third kappa shape index (κ3) is 5.77. The summed E-state index contributed by atoms with van der Waals surface area (Å²) < 4.78 is 35.6. The van der Waals surface area contributed by atoms with Crippen LogP contribution in [-0.2, 0) is 29.1 Å². The van der Waals surface area contributed by atoms with Crippen LogP contribution >= 0.6 is 0 Å². The third-order valence-corrected chi connectivity index (χ3v) is 5.68. The van der Waals surface area contributed by atoms with Gasteiger partial charge in [0.25, 0.3) is 5.69 Å². The van der Waals surface area contributed by atoms with E-state index < -0.39 is 32.8 Å². The Balaban J connectivity index is 2.94. The summed E-state index contributed by atoms with van der Waals surface area (Å²) in [6.45, 7) is -0.325. The van der Waals surface area contributed by atoms with Gasteiger partial charge in [0, 0.05) is 18.7 Å². The minimum atomic E-state index is -4.02. The molecule has 0 radical (unpaired) electrons. The number of non-ortho nitro benzene ring substituents is 1. The number of terminal acetylenes is 1. The highest BCUT2D eigenvalue weighted by Crippen LogP contribution is 2.20. The number of nitrogens with zero attached hydrogens (tertiary/aromatic N) is 2. The van der Waals surface area contributed by atoms with E-state index in [2.05, 4.69) is 15.4 Å². The molecule has 0 bridgehead atoms. The molecular weight excluding hydrogens is 392 g/mol. The number of esters is 2. The van der Waals surface area contributed by atoms with Gasteiger partial charge in [-0.2, -0.15) is 4.31 Å². The molecule has 0 heterocycles. The highest BCUT2D eigenvalue weighted by atomic mass is 32.2. The summed E-state index contributed by atoms with van der Waals surface area (Å²) in [5.74, 6) is -0.509. The van der Waals surface area contributed by atoms with Gasteiger partial charge < -0.3 is 9.47 Å². The number of ether oxygens (including phenoxy) is 2. The van der Waals surface area contributed by atoms with Gasteiger partial charge in [-0.1, -0.05) is 5.92 Å². The molecule has 0 spiro atoms. The second-order valence-corrected chi connectivity index (χ2v) is 7.47. The van der Waals surface area contributed by atoms with Gasteiger partial charge >= 0.3 is 11.9 Å². The highest BCUT2D eigenvalue weighted by Gasteiger charge is 2.30. The van der Waals surface area contributed by atoms with E-state index in [-0.39, 0.29) is 36.5 Å². The number of sulfonamides is 1. The molecule has 0 N–H and O–H groups in total. The Morgan fingerprint density at radius 3 is 2.18 bits per heavy atom. The van der Waals surface area contributed by atoms with Crippen molar-refractivity contribution in [3.8, 4) is 12.3 Å². The van der Waals surface area contributed by atoms with Crippen LogP contribution in [0.4, 0.5) is 5.69 Å². The predicted molar refractivity (Wildman–Crippen MR) is 97.4 cm³/mol. The van der Waals surface area contributed by atoms with Gasteiger partial charge in [-0.25, -0.2) is 8.42 Å². The van der Waals surface area contributed by atoms with E-state index in [0.29, 0.717) is 0 Å². The van der Waals surface area contributed by atoms with Gasteiger partial charge in [0.15, 0.2) is 5.92 Å². The minimum absolute atomic E-state index is 0.00377. The predicted octanol–water partition coefficient (Wildman–Crippen LogP) is 0.961. The summed E-state index contributed by atoms with van der Waals surface area (Å²) in [5, 5.41) is 10.7. The second kappa shape index (κ2) is 10.4. The molecule has 0 saturated carbocycles. The molecular formula is C17H20N2O8S. The lowest BCUT2D eigenvalue weighted by molar-refractivity contribution is -0.384. The number of hydrogen-bond acceptors (Lipinski definition) is 8. The first kappa shape index (κ1) is 23.1. The van der Waals surface area contributed by atoms with Crippen LogP contribution in [0.1, 0.15) is 12.8 Å². The van der Waals surface area contributed by atoms with Crippen molar-refractivity contribution in [2.24, 2.45) is 5.92 Å². The number of rotatable bonds is 10. The van der Waals surface area contributed by atoms with Crippen molar-refractivity contribution >= 4 is 27.6 Å². The molecule has 0 atom stereocenters. The number of benzene rings is 1. The van der Waals surface area contributed by atoms with Crippen molar-refractivity contribution in [2.75, 3.05) is 27.3 Å². The van der Waals surface area contributed by atoms with E-state index in [1.54, 1.807) is 0 Å². The van der Waals surface area contributed by atoms with E-state index in [4.69, 9.17) is 6.42 Å². The Hall–Kier alpha value is -2.97. The van der Waals surface area contributed by atoms with Crippen molar-refractivity contribution in [3.05, 3.63) is 34.4 Å². The Bertz CT molecular complexity index is 842. The average molecular weight is 412 g/mol. The molecule has 0 aliphatic carbocycles. The molecule has 1 aromatic carbocycles. The first-order chi connectivity index (χ1) is 13.2. The second-order valence-electron chi connectivity index (χ2n) is 5.53. The number of nitro groups is 1. The summed E-state index contributed by atoms with van der Waals surface area (Å²) in [6, 6.07) is 4.38. The molecule has 152 valence electrons. The number of carbonyl (C=O) groups excluding carboxylic acids is 2. The molecule has 28 heavy (non-hydrogen) atoms. The van der Waals surface area contributed by atoms with Crippen molar-refractivity contribution in [1.29, 1.82) is 0 Å². The van der Waals surface area contributed by atoms with Crippen LogP contribution in [0.2, 0.25) is 0 Å². The van der Waals surface area contributed by atoms with E-state index >= 15 is 0 Å².